The largest absolute Gasteiger partial charge is 0.474 e. The van der Waals surface area contributed by atoms with Crippen LogP contribution in [0.25, 0.3) is 0 Å². The molecule has 1 fully saturated rings. The van der Waals surface area contributed by atoms with Gasteiger partial charge in [0.05, 0.1) is 0 Å². The molecule has 0 amide bonds. The molecule has 2 heterocycles. The highest BCUT2D eigenvalue weighted by molar-refractivity contribution is 5.31. The average Bonchev–Trinajstić information content (AvgIpc) is 2.51. The van der Waals surface area contributed by atoms with Crippen LogP contribution in [0.4, 0.5) is 5.82 Å². The second-order valence-corrected chi connectivity index (χ2v) is 6.04. The van der Waals surface area contributed by atoms with Crippen LogP contribution in [0.1, 0.15) is 18.9 Å². The number of anilines is 1. The Morgan fingerprint density at radius 3 is 2.73 bits per heavy atom. The number of hydrogen-bond donors (Lipinski definition) is 1. The summed E-state index contributed by atoms with van der Waals surface area (Å²) >= 11 is 0. The van der Waals surface area contributed by atoms with Gasteiger partial charge in [-0.1, -0.05) is 43.3 Å². The van der Waals surface area contributed by atoms with Gasteiger partial charge in [0.2, 0.25) is 5.88 Å². The first-order valence-electron chi connectivity index (χ1n) is 7.86. The molecule has 3 rings (SSSR count). The highest BCUT2D eigenvalue weighted by atomic mass is 16.5. The molecular weight excluding hydrogens is 274 g/mol. The van der Waals surface area contributed by atoms with E-state index < -0.39 is 0 Å². The van der Waals surface area contributed by atoms with Crippen molar-refractivity contribution in [3.05, 3.63) is 54.1 Å². The predicted molar refractivity (Wildman–Crippen MR) is 88.6 cm³/mol. The second-order valence-electron chi connectivity index (χ2n) is 6.04. The molecule has 1 aromatic carbocycles. The van der Waals surface area contributed by atoms with Crippen LogP contribution in [0.15, 0.2) is 48.5 Å². The maximum atomic E-state index is 6.03. The van der Waals surface area contributed by atoms with Gasteiger partial charge in [0.25, 0.3) is 0 Å². The van der Waals surface area contributed by atoms with Crippen molar-refractivity contribution < 1.29 is 4.74 Å². The Bertz CT molecular complexity index is 602. The van der Waals surface area contributed by atoms with Crippen molar-refractivity contribution in [2.24, 2.45) is 5.92 Å². The Balaban J connectivity index is 1.56. The minimum absolute atomic E-state index is 0.210. The lowest BCUT2D eigenvalue weighted by Gasteiger charge is -2.36. The maximum absolute atomic E-state index is 6.03. The van der Waals surface area contributed by atoms with Crippen molar-refractivity contribution in [1.82, 2.24) is 9.88 Å². The van der Waals surface area contributed by atoms with Gasteiger partial charge in [-0.25, -0.2) is 0 Å². The van der Waals surface area contributed by atoms with Gasteiger partial charge in [-0.2, -0.15) is 4.98 Å². The number of nitrogen functional groups attached to an aromatic ring is 1. The van der Waals surface area contributed by atoms with E-state index in [9.17, 15) is 0 Å². The van der Waals surface area contributed by atoms with Crippen molar-refractivity contribution in [3.63, 3.8) is 0 Å². The molecule has 0 bridgehead atoms. The Morgan fingerprint density at radius 2 is 2.00 bits per heavy atom. The molecule has 1 saturated heterocycles. The summed E-state index contributed by atoms with van der Waals surface area (Å²) < 4.78 is 6.03. The third-order valence-corrected chi connectivity index (χ3v) is 4.18. The van der Waals surface area contributed by atoms with Gasteiger partial charge in [0, 0.05) is 31.6 Å². The van der Waals surface area contributed by atoms with E-state index in [-0.39, 0.29) is 6.10 Å². The Labute approximate surface area is 131 Å². The molecule has 4 nitrogen and oxygen atoms in total. The van der Waals surface area contributed by atoms with E-state index in [0.717, 1.165) is 26.1 Å². The first kappa shape index (κ1) is 14.9. The number of ether oxygens (including phenoxy) is 1. The number of nitrogens with zero attached hydrogens (tertiary/aromatic N) is 2. The second kappa shape index (κ2) is 6.79. The van der Waals surface area contributed by atoms with Crippen LogP contribution < -0.4 is 10.5 Å². The third kappa shape index (κ3) is 3.77. The van der Waals surface area contributed by atoms with Gasteiger partial charge in [-0.3, -0.25) is 4.90 Å². The van der Waals surface area contributed by atoms with Crippen molar-refractivity contribution in [3.8, 4) is 5.88 Å². The lowest BCUT2D eigenvalue weighted by atomic mass is 9.96. The number of rotatable bonds is 4. The Hall–Kier alpha value is -2.07. The Morgan fingerprint density at radius 1 is 1.18 bits per heavy atom. The molecule has 0 saturated carbocycles. The van der Waals surface area contributed by atoms with Gasteiger partial charge in [-0.05, 0) is 18.1 Å². The molecule has 1 aromatic heterocycles. The minimum Gasteiger partial charge on any atom is -0.474 e. The summed E-state index contributed by atoms with van der Waals surface area (Å²) in [4.78, 5) is 6.72. The number of nitrogens with two attached hydrogens (primary N) is 1. The van der Waals surface area contributed by atoms with Gasteiger partial charge in [0.15, 0.2) is 0 Å². The molecule has 1 aliphatic rings. The van der Waals surface area contributed by atoms with E-state index in [1.165, 1.54) is 5.56 Å². The van der Waals surface area contributed by atoms with E-state index >= 15 is 0 Å². The molecule has 1 aliphatic heterocycles. The number of hydrogen-bond acceptors (Lipinski definition) is 4. The molecule has 116 valence electrons. The van der Waals surface area contributed by atoms with Crippen LogP contribution in [-0.2, 0) is 6.54 Å². The highest BCUT2D eigenvalue weighted by Gasteiger charge is 2.27. The number of aromatic nitrogens is 1. The summed E-state index contributed by atoms with van der Waals surface area (Å²) in [6.45, 7) is 5.34. The number of piperidine rings is 1. The third-order valence-electron chi connectivity index (χ3n) is 4.18. The zero-order chi connectivity index (χ0) is 15.4. The van der Waals surface area contributed by atoms with Crippen molar-refractivity contribution in [2.75, 3.05) is 18.8 Å². The lowest BCUT2D eigenvalue weighted by Crippen LogP contribution is -2.44. The fourth-order valence-electron chi connectivity index (χ4n) is 3.02. The number of benzene rings is 1. The van der Waals surface area contributed by atoms with Crippen LogP contribution in [-0.4, -0.2) is 29.1 Å². The van der Waals surface area contributed by atoms with E-state index in [2.05, 4.69) is 47.1 Å². The zero-order valence-electron chi connectivity index (χ0n) is 13.0. The zero-order valence-corrected chi connectivity index (χ0v) is 13.0. The maximum Gasteiger partial charge on any atom is 0.215 e. The summed E-state index contributed by atoms with van der Waals surface area (Å²) in [7, 11) is 0. The number of likely N-dealkylation sites (tertiary alicyclic amines) is 1. The van der Waals surface area contributed by atoms with Crippen molar-refractivity contribution in [1.29, 1.82) is 0 Å². The topological polar surface area (TPSA) is 51.4 Å². The smallest absolute Gasteiger partial charge is 0.215 e. The van der Waals surface area contributed by atoms with Crippen molar-refractivity contribution >= 4 is 5.82 Å². The van der Waals surface area contributed by atoms with Crippen LogP contribution >= 0.6 is 0 Å². The molecule has 2 N–H and O–H groups in total. The lowest BCUT2D eigenvalue weighted by molar-refractivity contribution is 0.0462. The molecule has 0 spiro atoms. The van der Waals surface area contributed by atoms with Gasteiger partial charge >= 0.3 is 0 Å². The fourth-order valence-corrected chi connectivity index (χ4v) is 3.02. The average molecular weight is 297 g/mol. The van der Waals surface area contributed by atoms with Gasteiger partial charge in [0.1, 0.15) is 11.9 Å². The molecule has 4 heteroatoms. The van der Waals surface area contributed by atoms with Gasteiger partial charge < -0.3 is 10.5 Å². The van der Waals surface area contributed by atoms with E-state index in [4.69, 9.17) is 10.5 Å². The van der Waals surface area contributed by atoms with Crippen LogP contribution in [0, 0.1) is 5.92 Å². The SMILES string of the molecule is C[C@H]1CN(Cc2ccccc2)CC[C@@H]1Oc1cccc(N)n1. The molecule has 0 radical (unpaired) electrons. The summed E-state index contributed by atoms with van der Waals surface area (Å²) in [6, 6.07) is 16.2. The van der Waals surface area contributed by atoms with Gasteiger partial charge in [-0.15, -0.1) is 0 Å². The normalized spacial score (nSPS) is 22.4. The standard InChI is InChI=1S/C18H23N3O/c1-14-12-21(13-15-6-3-2-4-7-15)11-10-16(14)22-18-9-5-8-17(19)20-18/h2-9,14,16H,10-13H2,1H3,(H2,19,20)/t14-,16-/m0/s1. The van der Waals surface area contributed by atoms with E-state index in [0.29, 0.717) is 17.6 Å². The molecule has 0 aliphatic carbocycles. The quantitative estimate of drug-likeness (QED) is 0.942. The molecule has 22 heavy (non-hydrogen) atoms. The highest BCUT2D eigenvalue weighted by Crippen LogP contribution is 2.23. The molecule has 2 aromatic rings. The summed E-state index contributed by atoms with van der Waals surface area (Å²) in [5, 5.41) is 0. The van der Waals surface area contributed by atoms with Crippen LogP contribution in [0.2, 0.25) is 0 Å². The fraction of sp³-hybridized carbons (Fsp3) is 0.389. The van der Waals surface area contributed by atoms with Crippen LogP contribution in [0.5, 0.6) is 5.88 Å². The molecule has 0 unspecified atom stereocenters. The number of pyridine rings is 1. The van der Waals surface area contributed by atoms with E-state index in [1.807, 2.05) is 12.1 Å². The predicted octanol–water partition coefficient (Wildman–Crippen LogP) is 2.95. The van der Waals surface area contributed by atoms with Crippen LogP contribution in [0.3, 0.4) is 0 Å². The first-order valence-corrected chi connectivity index (χ1v) is 7.86. The molecule has 2 atom stereocenters. The molecular formula is C18H23N3O. The van der Waals surface area contributed by atoms with E-state index in [1.54, 1.807) is 6.07 Å². The minimum atomic E-state index is 0.210. The summed E-state index contributed by atoms with van der Waals surface area (Å²) in [5.41, 5.74) is 7.07. The monoisotopic (exact) mass is 297 g/mol. The first-order chi connectivity index (χ1) is 10.7. The summed E-state index contributed by atoms with van der Waals surface area (Å²) in [5.74, 6) is 1.61. The van der Waals surface area contributed by atoms with Crippen molar-refractivity contribution in [2.45, 2.75) is 26.0 Å². The Kier molecular flexibility index (Phi) is 4.59. The summed E-state index contributed by atoms with van der Waals surface area (Å²) in [6.07, 6.45) is 1.23.